The van der Waals surface area contributed by atoms with E-state index in [0.717, 1.165) is 31.3 Å². The summed E-state index contributed by atoms with van der Waals surface area (Å²) in [4.78, 5) is 27.8. The zero-order chi connectivity index (χ0) is 33.5. The molecule has 1 aliphatic heterocycles. The van der Waals surface area contributed by atoms with E-state index in [-0.39, 0.29) is 40.4 Å². The van der Waals surface area contributed by atoms with Gasteiger partial charge in [-0.1, -0.05) is 6.07 Å². The number of amides is 1. The number of fused-ring (bicyclic) bond motifs is 1. The molecule has 242 valence electrons. The number of nitrogens with zero attached hydrogens (tertiary/aromatic N) is 4. The van der Waals surface area contributed by atoms with E-state index >= 15 is 0 Å². The van der Waals surface area contributed by atoms with Gasteiger partial charge in [0.2, 0.25) is 11.9 Å². The van der Waals surface area contributed by atoms with Crippen LogP contribution in [0.25, 0.3) is 33.2 Å². The van der Waals surface area contributed by atoms with E-state index in [1.165, 1.54) is 36.7 Å². The minimum Gasteiger partial charge on any atom is -0.507 e. The second kappa shape index (κ2) is 12.5. The monoisotopic (exact) mass is 646 g/mol. The van der Waals surface area contributed by atoms with Gasteiger partial charge in [-0.15, -0.1) is 0 Å². The van der Waals surface area contributed by atoms with Crippen LogP contribution in [-0.4, -0.2) is 57.1 Å². The lowest BCUT2D eigenvalue weighted by Gasteiger charge is -2.30. The van der Waals surface area contributed by atoms with Crippen LogP contribution in [0.1, 0.15) is 34.3 Å². The Hall–Kier alpha value is -5.30. The molecule has 1 aliphatic rings. The van der Waals surface area contributed by atoms with Crippen LogP contribution >= 0.6 is 0 Å². The number of carbonyl (C=O) groups excluding carboxylic acids is 1. The van der Waals surface area contributed by atoms with Crippen molar-refractivity contribution >= 4 is 28.4 Å². The number of alkyl halides is 3. The van der Waals surface area contributed by atoms with Gasteiger partial charge in [0, 0.05) is 47.6 Å². The highest BCUT2D eigenvalue weighted by atomic mass is 19.4. The van der Waals surface area contributed by atoms with E-state index in [1.54, 1.807) is 19.1 Å². The Bertz CT molecular complexity index is 1980. The maximum absolute atomic E-state index is 13.7. The summed E-state index contributed by atoms with van der Waals surface area (Å²) in [5, 5.41) is 14.7. The number of anilines is 2. The molecule has 3 aromatic carbocycles. The van der Waals surface area contributed by atoms with Gasteiger partial charge in [-0.3, -0.25) is 4.79 Å². The molecular formula is C34H30F4N6O3. The predicted molar refractivity (Wildman–Crippen MR) is 170 cm³/mol. The zero-order valence-corrected chi connectivity index (χ0v) is 25.4. The van der Waals surface area contributed by atoms with Crippen LogP contribution in [0.3, 0.4) is 0 Å². The third-order valence-electron chi connectivity index (χ3n) is 8.18. The van der Waals surface area contributed by atoms with Crippen LogP contribution < -0.4 is 15.8 Å². The molecule has 0 atom stereocenters. The molecule has 0 saturated carbocycles. The number of phenols is 1. The molecular weight excluding hydrogens is 616 g/mol. The number of hydrogen-bond acceptors (Lipinski definition) is 8. The lowest BCUT2D eigenvalue weighted by molar-refractivity contribution is -0.137. The van der Waals surface area contributed by atoms with Gasteiger partial charge in [0.1, 0.15) is 17.6 Å². The highest BCUT2D eigenvalue weighted by Gasteiger charge is 2.32. The number of ether oxygens (including phenoxy) is 1. The largest absolute Gasteiger partial charge is 0.507 e. The number of aryl methyl sites for hydroxylation is 1. The van der Waals surface area contributed by atoms with Crippen molar-refractivity contribution in [2.45, 2.75) is 32.0 Å². The lowest BCUT2D eigenvalue weighted by Crippen LogP contribution is -2.35. The molecule has 3 heterocycles. The minimum atomic E-state index is -4.64. The van der Waals surface area contributed by atoms with Gasteiger partial charge in [0.25, 0.3) is 5.91 Å². The number of pyridine rings is 1. The molecule has 0 bridgehead atoms. The van der Waals surface area contributed by atoms with Crippen molar-refractivity contribution in [3.63, 3.8) is 0 Å². The highest BCUT2D eigenvalue weighted by molar-refractivity contribution is 6.07. The topological polar surface area (TPSA) is 126 Å². The molecule has 13 heteroatoms. The summed E-state index contributed by atoms with van der Waals surface area (Å²) in [5.41, 5.74) is 7.26. The second-order valence-corrected chi connectivity index (χ2v) is 11.5. The Labute approximate surface area is 267 Å². The van der Waals surface area contributed by atoms with Crippen molar-refractivity contribution in [3.05, 3.63) is 89.6 Å². The molecule has 0 aliphatic carbocycles. The fraction of sp³-hybridized carbons (Fsp3) is 0.235. The average molecular weight is 647 g/mol. The quantitative estimate of drug-likeness (QED) is 0.135. The van der Waals surface area contributed by atoms with E-state index in [2.05, 4.69) is 25.2 Å². The summed E-state index contributed by atoms with van der Waals surface area (Å²) >= 11 is 0. The number of benzene rings is 3. The standard InChI is InChI=1S/C34H30F4N6O3/c1-18-3-4-19(32(46)42-26-15-22(34(36,37)38)6-7-27(26)47-23-9-11-44(2)12-10-23)13-24(18)25-14-21-17-41-33(39)43-30(21)29(31(25)45)20-5-8-28(35)40-16-20/h3-8,13-17,23,45H,9-12H2,1-2H3,(H,42,46)(H2,39,41,43). The van der Waals surface area contributed by atoms with Gasteiger partial charge in [-0.25, -0.2) is 15.0 Å². The number of nitrogen functional groups attached to an aromatic ring is 1. The first kappa shape index (κ1) is 31.7. The van der Waals surface area contributed by atoms with E-state index in [0.29, 0.717) is 46.0 Å². The Morgan fingerprint density at radius 3 is 2.49 bits per heavy atom. The summed E-state index contributed by atoms with van der Waals surface area (Å²) in [6, 6.07) is 12.0. The summed E-state index contributed by atoms with van der Waals surface area (Å²) in [6.45, 7) is 3.33. The molecule has 1 saturated heterocycles. The third-order valence-corrected chi connectivity index (χ3v) is 8.18. The van der Waals surface area contributed by atoms with Crippen LogP contribution in [0.15, 0.2) is 67.0 Å². The van der Waals surface area contributed by atoms with Crippen molar-refractivity contribution in [2.75, 3.05) is 31.2 Å². The maximum Gasteiger partial charge on any atom is 0.416 e. The van der Waals surface area contributed by atoms with Crippen LogP contribution in [0, 0.1) is 12.9 Å². The first-order valence-electron chi connectivity index (χ1n) is 14.8. The highest BCUT2D eigenvalue weighted by Crippen LogP contribution is 2.44. The smallest absolute Gasteiger partial charge is 0.416 e. The average Bonchev–Trinajstić information content (AvgIpc) is 3.03. The molecule has 0 radical (unpaired) electrons. The van der Waals surface area contributed by atoms with Crippen molar-refractivity contribution in [1.29, 1.82) is 0 Å². The molecule has 0 spiro atoms. The number of carbonyl (C=O) groups is 1. The molecule has 1 amide bonds. The van der Waals surface area contributed by atoms with Crippen molar-refractivity contribution in [1.82, 2.24) is 19.9 Å². The normalized spacial score (nSPS) is 14.3. The van der Waals surface area contributed by atoms with E-state index in [9.17, 15) is 27.5 Å². The number of aromatic nitrogens is 3. The van der Waals surface area contributed by atoms with Crippen LogP contribution in [0.4, 0.5) is 29.2 Å². The number of nitrogens with one attached hydrogen (secondary N) is 1. The molecule has 9 nitrogen and oxygen atoms in total. The van der Waals surface area contributed by atoms with Crippen molar-refractivity contribution < 1.29 is 32.2 Å². The van der Waals surface area contributed by atoms with Crippen LogP contribution in [0.2, 0.25) is 0 Å². The van der Waals surface area contributed by atoms with Gasteiger partial charge in [0.05, 0.1) is 22.3 Å². The zero-order valence-electron chi connectivity index (χ0n) is 25.4. The second-order valence-electron chi connectivity index (χ2n) is 11.5. The molecule has 0 unspecified atom stereocenters. The summed E-state index contributed by atoms with van der Waals surface area (Å²) in [6.07, 6.45) is -0.743. The fourth-order valence-electron chi connectivity index (χ4n) is 5.62. The molecule has 6 rings (SSSR count). The fourth-order valence-corrected chi connectivity index (χ4v) is 5.62. The lowest BCUT2D eigenvalue weighted by atomic mass is 9.92. The van der Waals surface area contributed by atoms with E-state index in [1.807, 2.05) is 7.05 Å². The number of halogens is 4. The minimum absolute atomic E-state index is 0.0374. The number of piperidine rings is 1. The van der Waals surface area contributed by atoms with Crippen LogP contribution in [0.5, 0.6) is 11.5 Å². The first-order valence-corrected chi connectivity index (χ1v) is 14.8. The van der Waals surface area contributed by atoms with Crippen molar-refractivity contribution in [2.24, 2.45) is 0 Å². The number of hydrogen-bond donors (Lipinski definition) is 3. The van der Waals surface area contributed by atoms with Gasteiger partial charge in [-0.05, 0) is 86.5 Å². The maximum atomic E-state index is 13.7. The Morgan fingerprint density at radius 1 is 1.02 bits per heavy atom. The first-order chi connectivity index (χ1) is 22.4. The Morgan fingerprint density at radius 2 is 1.79 bits per heavy atom. The molecule has 4 N–H and O–H groups in total. The molecule has 1 fully saturated rings. The van der Waals surface area contributed by atoms with Crippen LogP contribution in [-0.2, 0) is 6.18 Å². The number of rotatable bonds is 6. The van der Waals surface area contributed by atoms with Gasteiger partial charge >= 0.3 is 6.18 Å². The Balaban J connectivity index is 1.39. The number of aromatic hydroxyl groups is 1. The molecule has 2 aromatic heterocycles. The Kier molecular flexibility index (Phi) is 8.41. The summed E-state index contributed by atoms with van der Waals surface area (Å²) < 4.78 is 60.8. The van der Waals surface area contributed by atoms with Crippen molar-refractivity contribution in [3.8, 4) is 33.8 Å². The summed E-state index contributed by atoms with van der Waals surface area (Å²) in [5.74, 6) is -1.52. The number of phenolic OH excluding ortho intramolecular Hbond substituents is 1. The van der Waals surface area contributed by atoms with E-state index in [4.69, 9.17) is 10.5 Å². The van der Waals surface area contributed by atoms with Gasteiger partial charge < -0.3 is 25.8 Å². The summed E-state index contributed by atoms with van der Waals surface area (Å²) in [7, 11) is 1.98. The number of likely N-dealkylation sites (tertiary alicyclic amines) is 1. The third kappa shape index (κ3) is 6.66. The SMILES string of the molecule is Cc1ccc(C(=O)Nc2cc(C(F)(F)F)ccc2OC2CCN(C)CC2)cc1-c1cc2cnc(N)nc2c(-c2ccc(F)nc2)c1O. The molecule has 5 aromatic rings. The van der Waals surface area contributed by atoms with E-state index < -0.39 is 23.6 Å². The van der Waals surface area contributed by atoms with Gasteiger partial charge in [-0.2, -0.15) is 17.6 Å². The van der Waals surface area contributed by atoms with Gasteiger partial charge in [0.15, 0.2) is 0 Å². The molecule has 47 heavy (non-hydrogen) atoms. The predicted octanol–water partition coefficient (Wildman–Crippen LogP) is 6.84. The number of nitrogens with two attached hydrogens (primary N) is 1.